The van der Waals surface area contributed by atoms with Crippen LogP contribution >= 0.6 is 0 Å². The zero-order valence-corrected chi connectivity index (χ0v) is 9.93. The van der Waals surface area contributed by atoms with Gasteiger partial charge < -0.3 is 24.8 Å². The van der Waals surface area contributed by atoms with E-state index in [1.54, 1.807) is 0 Å². The van der Waals surface area contributed by atoms with Crippen molar-refractivity contribution in [3.05, 3.63) is 22.4 Å². The lowest BCUT2D eigenvalue weighted by Gasteiger charge is -2.20. The van der Waals surface area contributed by atoms with Gasteiger partial charge in [0.05, 0.1) is 19.9 Å². The first kappa shape index (κ1) is 13.9. The third-order valence-electron chi connectivity index (χ3n) is 2.85. The van der Waals surface area contributed by atoms with Crippen LogP contribution in [-0.4, -0.2) is 56.9 Å². The van der Waals surface area contributed by atoms with E-state index in [9.17, 15) is 19.4 Å². The molecule has 2 rings (SSSR count). The fourth-order valence-electron chi connectivity index (χ4n) is 1.87. The molecule has 1 aliphatic heterocycles. The standard InChI is InChI=1S/C10H13FN2O6/c1-18-10-12-8(17)4(11)2-13(10)9-7(16)6(15)5(3-14)19-9/h2,5-7,9,14-16H,3H2,1H3. The van der Waals surface area contributed by atoms with Gasteiger partial charge in [0, 0.05) is 0 Å². The fraction of sp³-hybridized carbons (Fsp3) is 0.600. The normalized spacial score (nSPS) is 30.6. The summed E-state index contributed by atoms with van der Waals surface area (Å²) in [7, 11) is 1.21. The summed E-state index contributed by atoms with van der Waals surface area (Å²) >= 11 is 0. The van der Waals surface area contributed by atoms with Gasteiger partial charge in [-0.05, 0) is 0 Å². The molecule has 4 atom stereocenters. The van der Waals surface area contributed by atoms with Crippen LogP contribution in [0, 0.1) is 5.82 Å². The lowest BCUT2D eigenvalue weighted by atomic mass is 10.1. The second-order valence-corrected chi connectivity index (χ2v) is 4.02. The Morgan fingerprint density at radius 2 is 2.21 bits per heavy atom. The van der Waals surface area contributed by atoms with Crippen molar-refractivity contribution in [2.24, 2.45) is 0 Å². The molecule has 19 heavy (non-hydrogen) atoms. The first-order valence-electron chi connectivity index (χ1n) is 5.44. The van der Waals surface area contributed by atoms with Crippen molar-refractivity contribution in [1.29, 1.82) is 0 Å². The first-order valence-corrected chi connectivity index (χ1v) is 5.44. The van der Waals surface area contributed by atoms with Crippen LogP contribution in [0.3, 0.4) is 0 Å². The molecule has 0 bridgehead atoms. The van der Waals surface area contributed by atoms with Crippen molar-refractivity contribution in [2.45, 2.75) is 24.5 Å². The number of aliphatic hydroxyl groups is 3. The average Bonchev–Trinajstić information content (AvgIpc) is 2.69. The highest BCUT2D eigenvalue weighted by molar-refractivity contribution is 5.04. The maximum atomic E-state index is 13.3. The van der Waals surface area contributed by atoms with Gasteiger partial charge in [0.1, 0.15) is 18.3 Å². The smallest absolute Gasteiger partial charge is 0.311 e. The highest BCUT2D eigenvalue weighted by Crippen LogP contribution is 2.31. The van der Waals surface area contributed by atoms with Gasteiger partial charge in [-0.3, -0.25) is 9.36 Å². The maximum Gasteiger partial charge on any atom is 0.311 e. The van der Waals surface area contributed by atoms with E-state index >= 15 is 0 Å². The van der Waals surface area contributed by atoms with E-state index in [-0.39, 0.29) is 6.01 Å². The molecule has 0 saturated carbocycles. The molecule has 1 fully saturated rings. The van der Waals surface area contributed by atoms with E-state index in [1.165, 1.54) is 7.11 Å². The molecule has 1 aliphatic rings. The molecule has 1 aromatic rings. The molecule has 0 spiro atoms. The molecule has 1 saturated heterocycles. The Bertz CT molecular complexity index is 521. The van der Waals surface area contributed by atoms with Crippen molar-refractivity contribution in [3.8, 4) is 6.01 Å². The van der Waals surface area contributed by atoms with Gasteiger partial charge in [-0.1, -0.05) is 0 Å². The second-order valence-electron chi connectivity index (χ2n) is 4.02. The summed E-state index contributed by atoms with van der Waals surface area (Å²) in [6, 6.07) is -0.277. The zero-order valence-electron chi connectivity index (χ0n) is 9.93. The topological polar surface area (TPSA) is 114 Å². The number of methoxy groups -OCH3 is 1. The summed E-state index contributed by atoms with van der Waals surface area (Å²) < 4.78 is 24.2. The molecule has 0 aromatic carbocycles. The third-order valence-corrected chi connectivity index (χ3v) is 2.85. The van der Waals surface area contributed by atoms with Gasteiger partial charge in [-0.25, -0.2) is 0 Å². The van der Waals surface area contributed by atoms with Gasteiger partial charge in [0.25, 0.3) is 0 Å². The average molecular weight is 276 g/mol. The van der Waals surface area contributed by atoms with Crippen LogP contribution < -0.4 is 10.3 Å². The minimum Gasteiger partial charge on any atom is -0.468 e. The third kappa shape index (κ3) is 2.32. The van der Waals surface area contributed by atoms with E-state index in [4.69, 9.17) is 14.6 Å². The van der Waals surface area contributed by atoms with Crippen molar-refractivity contribution in [1.82, 2.24) is 9.55 Å². The molecule has 0 aliphatic carbocycles. The Morgan fingerprint density at radius 3 is 2.74 bits per heavy atom. The Hall–Kier alpha value is -1.55. The zero-order chi connectivity index (χ0) is 14.2. The Morgan fingerprint density at radius 1 is 1.53 bits per heavy atom. The SMILES string of the molecule is COc1nc(=O)c(F)cn1C1OC(CO)C(O)C1O. The predicted octanol–water partition coefficient (Wildman–Crippen LogP) is -2.00. The lowest BCUT2D eigenvalue weighted by Crippen LogP contribution is -2.33. The molecule has 3 N–H and O–H groups in total. The molecular formula is C10H13FN2O6. The van der Waals surface area contributed by atoms with E-state index < -0.39 is 42.5 Å². The van der Waals surface area contributed by atoms with Crippen molar-refractivity contribution in [2.75, 3.05) is 13.7 Å². The summed E-state index contributed by atoms with van der Waals surface area (Å²) in [4.78, 5) is 14.4. The number of nitrogens with zero attached hydrogens (tertiary/aromatic N) is 2. The van der Waals surface area contributed by atoms with E-state index in [2.05, 4.69) is 4.98 Å². The van der Waals surface area contributed by atoms with Crippen LogP contribution in [0.2, 0.25) is 0 Å². The quantitative estimate of drug-likeness (QED) is 0.585. The van der Waals surface area contributed by atoms with Crippen LogP contribution in [0.25, 0.3) is 0 Å². The summed E-state index contributed by atoms with van der Waals surface area (Å²) in [5, 5.41) is 28.4. The Labute approximate surface area is 106 Å². The van der Waals surface area contributed by atoms with Gasteiger partial charge in [-0.15, -0.1) is 0 Å². The number of halogens is 1. The summed E-state index contributed by atoms with van der Waals surface area (Å²) in [5.41, 5.74) is -1.11. The number of hydrogen-bond donors (Lipinski definition) is 3. The number of hydrogen-bond acceptors (Lipinski definition) is 7. The lowest BCUT2D eigenvalue weighted by molar-refractivity contribution is -0.0568. The number of ether oxygens (including phenoxy) is 2. The molecule has 2 heterocycles. The first-order chi connectivity index (χ1) is 8.99. The number of aromatic nitrogens is 2. The van der Waals surface area contributed by atoms with E-state index in [1.807, 2.05) is 0 Å². The monoisotopic (exact) mass is 276 g/mol. The van der Waals surface area contributed by atoms with Crippen molar-refractivity contribution in [3.63, 3.8) is 0 Å². The van der Waals surface area contributed by atoms with Crippen molar-refractivity contribution < 1.29 is 29.2 Å². The number of rotatable bonds is 3. The minimum absolute atomic E-state index is 0.277. The van der Waals surface area contributed by atoms with E-state index in [0.717, 1.165) is 10.8 Å². The molecule has 0 radical (unpaired) electrons. The molecule has 106 valence electrons. The summed E-state index contributed by atoms with van der Waals surface area (Å²) in [5.74, 6) is -1.15. The molecule has 0 amide bonds. The van der Waals surface area contributed by atoms with Gasteiger partial charge in [-0.2, -0.15) is 9.37 Å². The van der Waals surface area contributed by atoms with Crippen LogP contribution in [-0.2, 0) is 4.74 Å². The highest BCUT2D eigenvalue weighted by atomic mass is 19.1. The van der Waals surface area contributed by atoms with Crippen LogP contribution in [0.1, 0.15) is 6.23 Å². The highest BCUT2D eigenvalue weighted by Gasteiger charge is 2.44. The van der Waals surface area contributed by atoms with Gasteiger partial charge in [0.15, 0.2) is 6.23 Å². The van der Waals surface area contributed by atoms with Crippen molar-refractivity contribution >= 4 is 0 Å². The molecule has 8 nitrogen and oxygen atoms in total. The summed E-state index contributed by atoms with van der Waals surface area (Å²) in [6.07, 6.45) is -4.25. The molecule has 9 heteroatoms. The van der Waals surface area contributed by atoms with Gasteiger partial charge in [0.2, 0.25) is 5.82 Å². The van der Waals surface area contributed by atoms with Crippen LogP contribution in [0.4, 0.5) is 4.39 Å². The summed E-state index contributed by atoms with van der Waals surface area (Å²) in [6.45, 7) is -0.521. The Kier molecular flexibility index (Phi) is 3.80. The molecular weight excluding hydrogens is 263 g/mol. The second kappa shape index (κ2) is 5.21. The Balaban J connectivity index is 2.42. The fourth-order valence-corrected chi connectivity index (χ4v) is 1.87. The van der Waals surface area contributed by atoms with Crippen LogP contribution in [0.15, 0.2) is 11.0 Å². The van der Waals surface area contributed by atoms with Crippen LogP contribution in [0.5, 0.6) is 6.01 Å². The predicted molar refractivity (Wildman–Crippen MR) is 58.0 cm³/mol. The molecule has 4 unspecified atom stereocenters. The number of aliphatic hydroxyl groups excluding tert-OH is 3. The van der Waals surface area contributed by atoms with Gasteiger partial charge >= 0.3 is 11.6 Å². The minimum atomic E-state index is -1.42. The largest absolute Gasteiger partial charge is 0.468 e. The maximum absolute atomic E-state index is 13.3. The molecule has 1 aromatic heterocycles. The van der Waals surface area contributed by atoms with E-state index in [0.29, 0.717) is 0 Å².